The molecule has 6 heteroatoms. The number of ether oxygens (including phenoxy) is 1. The third-order valence-electron chi connectivity index (χ3n) is 3.53. The van der Waals surface area contributed by atoms with Gasteiger partial charge in [-0.25, -0.2) is 9.59 Å². The van der Waals surface area contributed by atoms with E-state index in [1.165, 1.54) is 0 Å². The summed E-state index contributed by atoms with van der Waals surface area (Å²) >= 11 is 5.95. The molecule has 0 radical (unpaired) electrons. The summed E-state index contributed by atoms with van der Waals surface area (Å²) in [6.45, 7) is 0.689. The highest BCUT2D eigenvalue weighted by Gasteiger charge is 2.11. The van der Waals surface area contributed by atoms with Crippen molar-refractivity contribution >= 4 is 28.6 Å². The number of rotatable bonds is 5. The van der Waals surface area contributed by atoms with E-state index in [4.69, 9.17) is 16.3 Å². The number of esters is 1. The van der Waals surface area contributed by atoms with Crippen LogP contribution in [-0.4, -0.2) is 22.1 Å². The highest BCUT2D eigenvalue weighted by Crippen LogP contribution is 2.16. The smallest absolute Gasteiger partial charge is 0.339 e. The first-order valence-corrected chi connectivity index (χ1v) is 7.64. The summed E-state index contributed by atoms with van der Waals surface area (Å²) in [6, 6.07) is 14.2. The van der Waals surface area contributed by atoms with E-state index in [2.05, 4.69) is 4.98 Å². The maximum Gasteiger partial charge on any atom is 0.339 e. The minimum absolute atomic E-state index is 0.163. The monoisotopic (exact) mass is 330 g/mol. The molecular weight excluding hydrogens is 316 g/mol. The number of benzene rings is 2. The molecule has 1 aromatic heterocycles. The van der Waals surface area contributed by atoms with Crippen molar-refractivity contribution in [2.45, 2.75) is 13.0 Å². The van der Waals surface area contributed by atoms with Crippen LogP contribution in [0, 0.1) is 0 Å². The van der Waals surface area contributed by atoms with Gasteiger partial charge in [-0.15, -0.1) is 0 Å². The van der Waals surface area contributed by atoms with Crippen LogP contribution >= 0.6 is 11.6 Å². The number of para-hydroxylation sites is 2. The number of aromatic amines is 1. The van der Waals surface area contributed by atoms with Crippen molar-refractivity contribution in [3.05, 3.63) is 69.6 Å². The molecule has 1 N–H and O–H groups in total. The Morgan fingerprint density at radius 3 is 2.70 bits per heavy atom. The molecule has 5 nitrogen and oxygen atoms in total. The van der Waals surface area contributed by atoms with Gasteiger partial charge in [0.05, 0.1) is 28.2 Å². The first-order valence-electron chi connectivity index (χ1n) is 7.26. The lowest BCUT2D eigenvalue weighted by molar-refractivity contribution is 0.0496. The molecular formula is C17H15ClN2O3. The first kappa shape index (κ1) is 15.4. The summed E-state index contributed by atoms with van der Waals surface area (Å²) in [6.07, 6.45) is 0.540. The largest absolute Gasteiger partial charge is 0.462 e. The van der Waals surface area contributed by atoms with Crippen molar-refractivity contribution in [2.75, 3.05) is 6.61 Å². The standard InChI is InChI=1S/C17H15ClN2O3/c18-13-7-2-1-6-12(13)16(21)23-11-5-10-20-15-9-4-3-8-14(15)19-17(20)22/h1-4,6-9H,5,10-11H2,(H,19,22). The summed E-state index contributed by atoms with van der Waals surface area (Å²) in [7, 11) is 0. The average Bonchev–Trinajstić information content (AvgIpc) is 2.87. The number of imidazole rings is 1. The Labute approximate surface area is 137 Å². The van der Waals surface area contributed by atoms with Crippen molar-refractivity contribution in [1.82, 2.24) is 9.55 Å². The Bertz CT molecular complexity index is 898. The van der Waals surface area contributed by atoms with Crippen molar-refractivity contribution in [2.24, 2.45) is 0 Å². The second kappa shape index (κ2) is 6.71. The van der Waals surface area contributed by atoms with Gasteiger partial charge in [0.25, 0.3) is 0 Å². The Balaban J connectivity index is 1.59. The van der Waals surface area contributed by atoms with Crippen LogP contribution < -0.4 is 5.69 Å². The van der Waals surface area contributed by atoms with Crippen molar-refractivity contribution in [3.8, 4) is 0 Å². The number of hydrogen-bond acceptors (Lipinski definition) is 3. The average molecular weight is 331 g/mol. The lowest BCUT2D eigenvalue weighted by Crippen LogP contribution is -2.18. The normalized spacial score (nSPS) is 10.8. The molecule has 2 aromatic carbocycles. The van der Waals surface area contributed by atoms with E-state index in [0.29, 0.717) is 23.6 Å². The van der Waals surface area contributed by atoms with Crippen LogP contribution in [0.25, 0.3) is 11.0 Å². The molecule has 118 valence electrons. The van der Waals surface area contributed by atoms with Gasteiger partial charge in [0.15, 0.2) is 0 Å². The van der Waals surface area contributed by atoms with Crippen LogP contribution in [0.5, 0.6) is 0 Å². The summed E-state index contributed by atoms with van der Waals surface area (Å²) in [4.78, 5) is 26.6. The molecule has 1 heterocycles. The topological polar surface area (TPSA) is 64.1 Å². The van der Waals surface area contributed by atoms with Crippen LogP contribution in [0.2, 0.25) is 5.02 Å². The van der Waals surface area contributed by atoms with Gasteiger partial charge >= 0.3 is 11.7 Å². The number of hydrogen-bond donors (Lipinski definition) is 1. The number of nitrogens with one attached hydrogen (secondary N) is 1. The van der Waals surface area contributed by atoms with Crippen molar-refractivity contribution in [3.63, 3.8) is 0 Å². The van der Waals surface area contributed by atoms with Gasteiger partial charge in [0, 0.05) is 6.54 Å². The summed E-state index contributed by atoms with van der Waals surface area (Å²) in [5.74, 6) is -0.457. The zero-order valence-corrected chi connectivity index (χ0v) is 13.0. The minimum atomic E-state index is -0.457. The zero-order valence-electron chi connectivity index (χ0n) is 12.3. The van der Waals surface area contributed by atoms with Gasteiger partial charge in [0.1, 0.15) is 0 Å². The second-order valence-electron chi connectivity index (χ2n) is 5.07. The Hall–Kier alpha value is -2.53. The van der Waals surface area contributed by atoms with Crippen LogP contribution in [-0.2, 0) is 11.3 Å². The molecule has 23 heavy (non-hydrogen) atoms. The number of halogens is 1. The lowest BCUT2D eigenvalue weighted by atomic mass is 10.2. The predicted molar refractivity (Wildman–Crippen MR) is 88.9 cm³/mol. The number of carbonyl (C=O) groups excluding carboxylic acids is 1. The van der Waals surface area contributed by atoms with E-state index in [1.807, 2.05) is 24.3 Å². The highest BCUT2D eigenvalue weighted by molar-refractivity contribution is 6.33. The molecule has 3 rings (SSSR count). The molecule has 0 unspecified atom stereocenters. The highest BCUT2D eigenvalue weighted by atomic mass is 35.5. The van der Waals surface area contributed by atoms with Gasteiger partial charge in [-0.2, -0.15) is 0 Å². The maximum absolute atomic E-state index is 11.9. The summed E-state index contributed by atoms with van der Waals surface area (Å²) in [5.41, 5.74) is 1.82. The Morgan fingerprint density at radius 2 is 1.87 bits per heavy atom. The van der Waals surface area contributed by atoms with E-state index in [1.54, 1.807) is 28.8 Å². The number of carbonyl (C=O) groups is 1. The van der Waals surface area contributed by atoms with Gasteiger partial charge < -0.3 is 9.72 Å². The summed E-state index contributed by atoms with van der Waals surface area (Å²) < 4.78 is 6.85. The Morgan fingerprint density at radius 1 is 1.13 bits per heavy atom. The van der Waals surface area contributed by atoms with E-state index in [9.17, 15) is 9.59 Å². The molecule has 0 aliphatic carbocycles. The molecule has 0 saturated carbocycles. The second-order valence-corrected chi connectivity index (χ2v) is 5.48. The minimum Gasteiger partial charge on any atom is -0.462 e. The molecule has 0 amide bonds. The molecule has 0 atom stereocenters. The zero-order chi connectivity index (χ0) is 16.2. The van der Waals surface area contributed by atoms with E-state index < -0.39 is 5.97 Å². The van der Waals surface area contributed by atoms with Crippen molar-refractivity contribution < 1.29 is 9.53 Å². The summed E-state index contributed by atoms with van der Waals surface area (Å²) in [5, 5.41) is 0.366. The van der Waals surface area contributed by atoms with E-state index in [0.717, 1.165) is 11.0 Å². The van der Waals surface area contributed by atoms with Gasteiger partial charge in [0.2, 0.25) is 0 Å². The van der Waals surface area contributed by atoms with Crippen LogP contribution in [0.3, 0.4) is 0 Å². The van der Waals surface area contributed by atoms with Crippen LogP contribution in [0.1, 0.15) is 16.8 Å². The molecule has 3 aromatic rings. The molecule has 0 bridgehead atoms. The predicted octanol–water partition coefficient (Wildman–Crippen LogP) is 3.23. The first-order chi connectivity index (χ1) is 11.2. The van der Waals surface area contributed by atoms with E-state index in [-0.39, 0.29) is 12.3 Å². The van der Waals surface area contributed by atoms with Crippen LogP contribution in [0.15, 0.2) is 53.3 Å². The van der Waals surface area contributed by atoms with Gasteiger partial charge in [-0.3, -0.25) is 4.57 Å². The molecule has 0 aliphatic rings. The third kappa shape index (κ3) is 3.29. The van der Waals surface area contributed by atoms with E-state index >= 15 is 0 Å². The SMILES string of the molecule is O=C(OCCCn1c(=O)[nH]c2ccccc21)c1ccccc1Cl. The molecule has 0 spiro atoms. The number of H-pyrrole nitrogens is 1. The Kier molecular flexibility index (Phi) is 4.48. The molecule has 0 saturated heterocycles. The maximum atomic E-state index is 11.9. The fourth-order valence-corrected chi connectivity index (χ4v) is 2.63. The van der Waals surface area contributed by atoms with Crippen molar-refractivity contribution in [1.29, 1.82) is 0 Å². The number of aryl methyl sites for hydroxylation is 1. The number of fused-ring (bicyclic) bond motifs is 1. The fourth-order valence-electron chi connectivity index (χ4n) is 2.42. The number of nitrogens with zero attached hydrogens (tertiary/aromatic N) is 1. The van der Waals surface area contributed by atoms with Crippen LogP contribution in [0.4, 0.5) is 0 Å². The number of aromatic nitrogens is 2. The molecule has 0 aliphatic heterocycles. The fraction of sp³-hybridized carbons (Fsp3) is 0.176. The van der Waals surface area contributed by atoms with Gasteiger partial charge in [-0.1, -0.05) is 35.9 Å². The molecule has 0 fully saturated rings. The van der Waals surface area contributed by atoms with Gasteiger partial charge in [-0.05, 0) is 30.7 Å². The lowest BCUT2D eigenvalue weighted by Gasteiger charge is -2.07. The third-order valence-corrected chi connectivity index (χ3v) is 3.86. The quantitative estimate of drug-likeness (QED) is 0.577.